The van der Waals surface area contributed by atoms with Crippen LogP contribution in [0, 0.1) is 6.92 Å². The Labute approximate surface area is 95.1 Å². The maximum atomic E-state index is 11.2. The monoisotopic (exact) mass is 217 g/mol. The molecule has 1 aliphatic heterocycles. The summed E-state index contributed by atoms with van der Waals surface area (Å²) in [6.45, 7) is 3.94. The minimum atomic E-state index is -0.270. The van der Waals surface area contributed by atoms with E-state index >= 15 is 0 Å². The summed E-state index contributed by atoms with van der Waals surface area (Å²) in [6, 6.07) is 8.07. The molecule has 16 heavy (non-hydrogen) atoms. The number of carbonyl (C=O) groups is 1. The number of hydrogen-bond donors (Lipinski definition) is 1. The van der Waals surface area contributed by atoms with E-state index in [-0.39, 0.29) is 12.1 Å². The average Bonchev–Trinajstić information content (AvgIpc) is 2.20. The van der Waals surface area contributed by atoms with E-state index in [1.54, 1.807) is 0 Å². The third-order valence-electron chi connectivity index (χ3n) is 2.47. The summed E-state index contributed by atoms with van der Waals surface area (Å²) in [5.41, 5.74) is 3.13. The highest BCUT2D eigenvalue weighted by molar-refractivity contribution is 5.84. The Morgan fingerprint density at radius 2 is 2.00 bits per heavy atom. The highest BCUT2D eigenvalue weighted by Gasteiger charge is 2.17. The summed E-state index contributed by atoms with van der Waals surface area (Å²) in [6.07, 6.45) is 2.20. The molecule has 0 fully saturated rings. The van der Waals surface area contributed by atoms with Crippen LogP contribution in [-0.2, 0) is 9.53 Å². The fraction of sp³-hybridized carbons (Fsp3) is 0.308. The van der Waals surface area contributed by atoms with E-state index in [4.69, 9.17) is 4.74 Å². The number of rotatable bonds is 2. The lowest BCUT2D eigenvalue weighted by Crippen LogP contribution is -2.22. The molecule has 1 atom stereocenters. The van der Waals surface area contributed by atoms with E-state index in [1.165, 1.54) is 11.6 Å². The molecule has 0 spiro atoms. The average molecular weight is 217 g/mol. The summed E-state index contributed by atoms with van der Waals surface area (Å²) in [5, 5.41) is 3.23. The topological polar surface area (TPSA) is 38.3 Å². The Bertz CT molecular complexity index is 420. The van der Waals surface area contributed by atoms with E-state index < -0.39 is 0 Å². The van der Waals surface area contributed by atoms with Crippen molar-refractivity contribution >= 4 is 11.7 Å². The summed E-state index contributed by atoms with van der Waals surface area (Å²) in [5.74, 6) is -0.270. The van der Waals surface area contributed by atoms with E-state index in [0.717, 1.165) is 17.8 Å². The van der Waals surface area contributed by atoms with Crippen molar-refractivity contribution < 1.29 is 9.53 Å². The van der Waals surface area contributed by atoms with Gasteiger partial charge in [0.1, 0.15) is 6.10 Å². The van der Waals surface area contributed by atoms with Gasteiger partial charge in [-0.25, -0.2) is 4.79 Å². The number of hydrogen-bond acceptors (Lipinski definition) is 3. The third kappa shape index (κ3) is 2.63. The number of benzene rings is 1. The van der Waals surface area contributed by atoms with Crippen molar-refractivity contribution in [3.63, 3.8) is 0 Å². The molecule has 0 radical (unpaired) electrons. The second kappa shape index (κ2) is 4.39. The summed E-state index contributed by atoms with van der Waals surface area (Å²) in [4.78, 5) is 11.2. The zero-order chi connectivity index (χ0) is 11.5. The standard InChI is InChI=1S/C13H15NO2/c1-9-3-5-11(6-4-9)14-12-7-10(2)16-13(15)8-12/h3-6,8,10,14H,7H2,1-2H3/t10-/m1/s1. The van der Waals surface area contributed by atoms with Crippen LogP contribution in [0.4, 0.5) is 5.69 Å². The molecule has 2 rings (SSSR count). The lowest BCUT2D eigenvalue weighted by molar-refractivity contribution is -0.143. The van der Waals surface area contributed by atoms with Crippen LogP contribution >= 0.6 is 0 Å². The van der Waals surface area contributed by atoms with Crippen LogP contribution in [0.5, 0.6) is 0 Å². The SMILES string of the molecule is Cc1ccc(NC2=CC(=O)O[C@H](C)C2)cc1. The van der Waals surface area contributed by atoms with Gasteiger partial charge in [-0.05, 0) is 26.0 Å². The Hall–Kier alpha value is -1.77. The summed E-state index contributed by atoms with van der Waals surface area (Å²) in [7, 11) is 0. The number of aryl methyl sites for hydroxylation is 1. The highest BCUT2D eigenvalue weighted by Crippen LogP contribution is 2.18. The minimum Gasteiger partial charge on any atom is -0.459 e. The maximum absolute atomic E-state index is 11.2. The molecule has 1 aromatic carbocycles. The number of ether oxygens (including phenoxy) is 1. The molecular weight excluding hydrogens is 202 g/mol. The van der Waals surface area contributed by atoms with E-state index in [0.29, 0.717) is 0 Å². The van der Waals surface area contributed by atoms with Crippen LogP contribution in [0.3, 0.4) is 0 Å². The zero-order valence-corrected chi connectivity index (χ0v) is 9.49. The molecule has 0 aliphatic carbocycles. The Balaban J connectivity index is 2.09. The van der Waals surface area contributed by atoms with Crippen molar-refractivity contribution in [2.75, 3.05) is 5.32 Å². The minimum absolute atomic E-state index is 0.0505. The summed E-state index contributed by atoms with van der Waals surface area (Å²) < 4.78 is 5.02. The predicted octanol–water partition coefficient (Wildman–Crippen LogP) is 2.63. The Morgan fingerprint density at radius 3 is 2.62 bits per heavy atom. The van der Waals surface area contributed by atoms with E-state index in [1.807, 2.05) is 38.1 Å². The first-order valence-electron chi connectivity index (χ1n) is 5.38. The Morgan fingerprint density at radius 1 is 1.31 bits per heavy atom. The van der Waals surface area contributed by atoms with Crippen LogP contribution in [0.1, 0.15) is 18.9 Å². The van der Waals surface area contributed by atoms with Gasteiger partial charge in [-0.15, -0.1) is 0 Å². The van der Waals surface area contributed by atoms with Crippen LogP contribution in [0.2, 0.25) is 0 Å². The van der Waals surface area contributed by atoms with Crippen LogP contribution in [0.15, 0.2) is 36.0 Å². The molecule has 0 aromatic heterocycles. The quantitative estimate of drug-likeness (QED) is 0.774. The molecular formula is C13H15NO2. The molecule has 1 aromatic rings. The molecule has 0 saturated carbocycles. The lowest BCUT2D eigenvalue weighted by Gasteiger charge is -2.20. The molecule has 1 N–H and O–H groups in total. The maximum Gasteiger partial charge on any atom is 0.332 e. The lowest BCUT2D eigenvalue weighted by atomic mass is 10.1. The van der Waals surface area contributed by atoms with Crippen molar-refractivity contribution in [3.05, 3.63) is 41.6 Å². The molecule has 1 aliphatic rings. The van der Waals surface area contributed by atoms with Gasteiger partial charge in [0, 0.05) is 23.9 Å². The molecule has 84 valence electrons. The molecule has 0 saturated heterocycles. The fourth-order valence-electron chi connectivity index (χ4n) is 1.69. The number of cyclic esters (lactones) is 1. The predicted molar refractivity (Wildman–Crippen MR) is 63.1 cm³/mol. The van der Waals surface area contributed by atoms with Crippen molar-refractivity contribution in [2.45, 2.75) is 26.4 Å². The first kappa shape index (κ1) is 10.7. The normalized spacial score (nSPS) is 20.0. The number of esters is 1. The number of nitrogens with one attached hydrogen (secondary N) is 1. The van der Waals surface area contributed by atoms with E-state index in [2.05, 4.69) is 5.32 Å². The summed E-state index contributed by atoms with van der Waals surface area (Å²) >= 11 is 0. The molecule has 3 heteroatoms. The first-order valence-corrected chi connectivity index (χ1v) is 5.38. The number of anilines is 1. The van der Waals surface area contributed by atoms with Gasteiger partial charge in [0.25, 0.3) is 0 Å². The van der Waals surface area contributed by atoms with Gasteiger partial charge in [0.15, 0.2) is 0 Å². The van der Waals surface area contributed by atoms with Gasteiger partial charge >= 0.3 is 5.97 Å². The fourth-order valence-corrected chi connectivity index (χ4v) is 1.69. The second-order valence-electron chi connectivity index (χ2n) is 4.11. The molecule has 0 unspecified atom stereocenters. The van der Waals surface area contributed by atoms with Gasteiger partial charge in [-0.2, -0.15) is 0 Å². The van der Waals surface area contributed by atoms with E-state index in [9.17, 15) is 4.79 Å². The molecule has 0 amide bonds. The molecule has 3 nitrogen and oxygen atoms in total. The largest absolute Gasteiger partial charge is 0.459 e. The Kier molecular flexibility index (Phi) is 2.95. The molecule has 1 heterocycles. The third-order valence-corrected chi connectivity index (χ3v) is 2.47. The molecule has 0 bridgehead atoms. The zero-order valence-electron chi connectivity index (χ0n) is 9.49. The highest BCUT2D eigenvalue weighted by atomic mass is 16.5. The van der Waals surface area contributed by atoms with Gasteiger partial charge in [-0.3, -0.25) is 0 Å². The van der Waals surface area contributed by atoms with Gasteiger partial charge in [0.05, 0.1) is 0 Å². The van der Waals surface area contributed by atoms with Crippen molar-refractivity contribution in [3.8, 4) is 0 Å². The van der Waals surface area contributed by atoms with Crippen molar-refractivity contribution in [1.82, 2.24) is 0 Å². The van der Waals surface area contributed by atoms with Gasteiger partial charge < -0.3 is 10.1 Å². The van der Waals surface area contributed by atoms with Gasteiger partial charge in [-0.1, -0.05) is 17.7 Å². The van der Waals surface area contributed by atoms with Crippen molar-refractivity contribution in [1.29, 1.82) is 0 Å². The number of carbonyl (C=O) groups excluding carboxylic acids is 1. The van der Waals surface area contributed by atoms with Crippen molar-refractivity contribution in [2.24, 2.45) is 0 Å². The second-order valence-corrected chi connectivity index (χ2v) is 4.11. The van der Waals surface area contributed by atoms with Crippen LogP contribution in [-0.4, -0.2) is 12.1 Å². The first-order chi connectivity index (χ1) is 7.63. The van der Waals surface area contributed by atoms with Gasteiger partial charge in [0.2, 0.25) is 0 Å². The smallest absolute Gasteiger partial charge is 0.332 e. The van der Waals surface area contributed by atoms with Crippen LogP contribution in [0.25, 0.3) is 0 Å². The van der Waals surface area contributed by atoms with Crippen LogP contribution < -0.4 is 5.32 Å².